The number of carbonyl (C=O) groups excluding carboxylic acids is 1. The second-order valence-corrected chi connectivity index (χ2v) is 5.03. The van der Waals surface area contributed by atoms with Gasteiger partial charge in [-0.15, -0.1) is 0 Å². The predicted octanol–water partition coefficient (Wildman–Crippen LogP) is 1.03. The van der Waals surface area contributed by atoms with Crippen molar-refractivity contribution in [2.45, 2.75) is 13.3 Å². The number of likely N-dealkylation sites (tertiary alicyclic amines) is 1. The van der Waals surface area contributed by atoms with Crippen LogP contribution in [-0.2, 0) is 4.79 Å². The summed E-state index contributed by atoms with van der Waals surface area (Å²) in [6, 6.07) is 6.72. The minimum Gasteiger partial charge on any atom is -0.484 e. The zero-order valence-corrected chi connectivity index (χ0v) is 11.5. The maximum atomic E-state index is 11.9. The molecule has 6 heteroatoms. The Kier molecular flexibility index (Phi) is 4.45. The first-order valence-electron chi connectivity index (χ1n) is 6.58. The molecule has 0 aromatic heterocycles. The molecular formula is C14H19N3O3. The second kappa shape index (κ2) is 6.27. The smallest absolute Gasteiger partial charge is 0.260 e. The van der Waals surface area contributed by atoms with Crippen LogP contribution in [0.1, 0.15) is 18.9 Å². The largest absolute Gasteiger partial charge is 0.484 e. The highest BCUT2D eigenvalue weighted by Gasteiger charge is 2.23. The summed E-state index contributed by atoms with van der Waals surface area (Å²) in [5, 5.41) is 11.5. The van der Waals surface area contributed by atoms with Gasteiger partial charge in [-0.25, -0.2) is 0 Å². The normalized spacial score (nSPS) is 19.1. The van der Waals surface area contributed by atoms with Crippen LogP contribution in [0.5, 0.6) is 5.75 Å². The fraction of sp³-hybridized carbons (Fsp3) is 0.429. The average molecular weight is 277 g/mol. The Morgan fingerprint density at radius 2 is 2.20 bits per heavy atom. The molecule has 0 bridgehead atoms. The van der Waals surface area contributed by atoms with Crippen molar-refractivity contribution in [1.29, 1.82) is 0 Å². The van der Waals surface area contributed by atoms with E-state index in [0.717, 1.165) is 19.5 Å². The van der Waals surface area contributed by atoms with E-state index in [4.69, 9.17) is 15.7 Å². The van der Waals surface area contributed by atoms with Crippen LogP contribution in [0.25, 0.3) is 0 Å². The Labute approximate surface area is 117 Å². The zero-order chi connectivity index (χ0) is 14.5. The highest BCUT2D eigenvalue weighted by atomic mass is 16.5. The number of benzene rings is 1. The molecule has 1 aromatic carbocycles. The molecule has 0 aliphatic carbocycles. The topological polar surface area (TPSA) is 88.2 Å². The van der Waals surface area contributed by atoms with E-state index in [-0.39, 0.29) is 18.3 Å². The summed E-state index contributed by atoms with van der Waals surface area (Å²) in [6.07, 6.45) is 1.06. The number of carbonyl (C=O) groups is 1. The van der Waals surface area contributed by atoms with Crippen LogP contribution >= 0.6 is 0 Å². The summed E-state index contributed by atoms with van der Waals surface area (Å²) < 4.78 is 5.45. The van der Waals surface area contributed by atoms with Crippen LogP contribution in [0.4, 0.5) is 0 Å². The van der Waals surface area contributed by atoms with E-state index in [0.29, 0.717) is 17.2 Å². The molecule has 0 radical (unpaired) electrons. The van der Waals surface area contributed by atoms with Crippen LogP contribution in [0, 0.1) is 5.92 Å². The molecule has 2 rings (SSSR count). The zero-order valence-electron chi connectivity index (χ0n) is 11.5. The molecule has 1 aromatic rings. The molecule has 1 amide bonds. The highest BCUT2D eigenvalue weighted by molar-refractivity contribution is 5.97. The summed E-state index contributed by atoms with van der Waals surface area (Å²) in [5.74, 6) is 1.20. The Bertz CT molecular complexity index is 499. The lowest BCUT2D eigenvalue weighted by Gasteiger charge is -2.16. The third kappa shape index (κ3) is 3.40. The molecule has 3 N–H and O–H groups in total. The van der Waals surface area contributed by atoms with Gasteiger partial charge in [0.05, 0.1) is 0 Å². The van der Waals surface area contributed by atoms with Crippen molar-refractivity contribution in [2.75, 3.05) is 19.7 Å². The summed E-state index contributed by atoms with van der Waals surface area (Å²) in [6.45, 7) is 3.80. The molecule has 6 nitrogen and oxygen atoms in total. The van der Waals surface area contributed by atoms with Gasteiger partial charge in [-0.1, -0.05) is 12.1 Å². The van der Waals surface area contributed by atoms with Gasteiger partial charge in [0.25, 0.3) is 5.91 Å². The van der Waals surface area contributed by atoms with Gasteiger partial charge < -0.3 is 20.6 Å². The lowest BCUT2D eigenvalue weighted by molar-refractivity contribution is -0.132. The number of amidine groups is 1. The molecule has 0 saturated carbocycles. The van der Waals surface area contributed by atoms with Gasteiger partial charge in [0.1, 0.15) is 5.75 Å². The fourth-order valence-electron chi connectivity index (χ4n) is 2.18. The van der Waals surface area contributed by atoms with E-state index in [1.807, 2.05) is 4.90 Å². The number of nitrogens with zero attached hydrogens (tertiary/aromatic N) is 2. The monoisotopic (exact) mass is 277 g/mol. The molecule has 1 aliphatic rings. The van der Waals surface area contributed by atoms with E-state index < -0.39 is 0 Å². The van der Waals surface area contributed by atoms with Crippen molar-refractivity contribution in [1.82, 2.24) is 4.90 Å². The van der Waals surface area contributed by atoms with E-state index in [9.17, 15) is 4.79 Å². The quantitative estimate of drug-likeness (QED) is 0.372. The number of rotatable bonds is 4. The third-order valence-corrected chi connectivity index (χ3v) is 3.40. The van der Waals surface area contributed by atoms with Crippen molar-refractivity contribution in [3.05, 3.63) is 29.8 Å². The van der Waals surface area contributed by atoms with Crippen LogP contribution in [-0.4, -0.2) is 41.5 Å². The van der Waals surface area contributed by atoms with Crippen LogP contribution in [0.15, 0.2) is 29.4 Å². The average Bonchev–Trinajstić information content (AvgIpc) is 2.91. The fourth-order valence-corrected chi connectivity index (χ4v) is 2.18. The number of oxime groups is 1. The molecule has 1 fully saturated rings. The van der Waals surface area contributed by atoms with Gasteiger partial charge in [0, 0.05) is 18.7 Å². The van der Waals surface area contributed by atoms with Gasteiger partial charge >= 0.3 is 0 Å². The van der Waals surface area contributed by atoms with E-state index in [1.54, 1.807) is 24.3 Å². The van der Waals surface area contributed by atoms with Gasteiger partial charge in [-0.2, -0.15) is 0 Å². The molecule has 20 heavy (non-hydrogen) atoms. The van der Waals surface area contributed by atoms with Gasteiger partial charge in [-0.05, 0) is 36.6 Å². The van der Waals surface area contributed by atoms with Crippen molar-refractivity contribution in [3.8, 4) is 5.75 Å². The van der Waals surface area contributed by atoms with Crippen molar-refractivity contribution < 1.29 is 14.7 Å². The minimum absolute atomic E-state index is 0.00913. The molecule has 1 unspecified atom stereocenters. The molecule has 1 heterocycles. The van der Waals surface area contributed by atoms with E-state index >= 15 is 0 Å². The molecule has 1 aliphatic heterocycles. The number of nitrogens with two attached hydrogens (primary N) is 1. The maximum Gasteiger partial charge on any atom is 0.260 e. The molecule has 1 atom stereocenters. The van der Waals surface area contributed by atoms with Crippen LogP contribution < -0.4 is 10.5 Å². The Hall–Kier alpha value is -2.24. The first-order chi connectivity index (χ1) is 9.60. The first-order valence-corrected chi connectivity index (χ1v) is 6.58. The Morgan fingerprint density at radius 1 is 1.50 bits per heavy atom. The first kappa shape index (κ1) is 14.2. The summed E-state index contributed by atoms with van der Waals surface area (Å²) >= 11 is 0. The van der Waals surface area contributed by atoms with Crippen molar-refractivity contribution in [2.24, 2.45) is 16.8 Å². The van der Waals surface area contributed by atoms with Gasteiger partial charge in [0.2, 0.25) is 0 Å². The van der Waals surface area contributed by atoms with Crippen LogP contribution in [0.2, 0.25) is 0 Å². The maximum absolute atomic E-state index is 11.9. The number of amides is 1. The molecule has 108 valence electrons. The number of ether oxygens (including phenoxy) is 1. The number of hydrogen-bond acceptors (Lipinski definition) is 4. The van der Waals surface area contributed by atoms with E-state index in [1.165, 1.54) is 0 Å². The second-order valence-electron chi connectivity index (χ2n) is 5.03. The molecule has 1 saturated heterocycles. The highest BCUT2D eigenvalue weighted by Crippen LogP contribution is 2.16. The molecule has 0 spiro atoms. The van der Waals surface area contributed by atoms with Crippen molar-refractivity contribution in [3.63, 3.8) is 0 Å². The Morgan fingerprint density at radius 3 is 2.75 bits per heavy atom. The standard InChI is InChI=1S/C14H19N3O3/c1-10-6-7-17(8-10)13(18)9-20-12-4-2-11(3-5-12)14(15)16-19/h2-5,10,19H,6-9H2,1H3,(H2,15,16). The lowest BCUT2D eigenvalue weighted by Crippen LogP contribution is -2.32. The summed E-state index contributed by atoms with van der Waals surface area (Å²) in [5.41, 5.74) is 6.06. The lowest BCUT2D eigenvalue weighted by atomic mass is 10.2. The minimum atomic E-state index is 0.00913. The SMILES string of the molecule is CC1CCN(C(=O)COc2ccc(/C(N)=N/O)cc2)C1. The molecular weight excluding hydrogens is 258 g/mol. The summed E-state index contributed by atoms with van der Waals surface area (Å²) in [7, 11) is 0. The number of hydrogen-bond donors (Lipinski definition) is 2. The van der Waals surface area contributed by atoms with Gasteiger partial charge in [0.15, 0.2) is 12.4 Å². The third-order valence-electron chi connectivity index (χ3n) is 3.40. The van der Waals surface area contributed by atoms with Crippen LogP contribution in [0.3, 0.4) is 0 Å². The Balaban J connectivity index is 1.86. The predicted molar refractivity (Wildman–Crippen MR) is 74.8 cm³/mol. The van der Waals surface area contributed by atoms with Crippen molar-refractivity contribution >= 4 is 11.7 Å². The summed E-state index contributed by atoms with van der Waals surface area (Å²) in [4.78, 5) is 13.7. The van der Waals surface area contributed by atoms with E-state index in [2.05, 4.69) is 12.1 Å². The van der Waals surface area contributed by atoms with Gasteiger partial charge in [-0.3, -0.25) is 4.79 Å².